The van der Waals surface area contributed by atoms with E-state index in [0.717, 1.165) is 39.1 Å². The number of methoxy groups -OCH3 is 2. The second kappa shape index (κ2) is 35.9. The van der Waals surface area contributed by atoms with Crippen molar-refractivity contribution in [3.05, 3.63) is 228 Å². The van der Waals surface area contributed by atoms with E-state index >= 15 is 0 Å². The number of carbonyl (C=O) groups is 9. The number of ether oxygens (including phenoxy) is 4. The van der Waals surface area contributed by atoms with E-state index in [9.17, 15) is 53.4 Å². The van der Waals surface area contributed by atoms with E-state index in [-0.39, 0.29) is 30.4 Å². The van der Waals surface area contributed by atoms with Crippen LogP contribution in [0.3, 0.4) is 0 Å². The average molecular weight is 1500 g/mol. The molecule has 0 aliphatic carbocycles. The van der Waals surface area contributed by atoms with Crippen LogP contribution in [-0.4, -0.2) is 143 Å². The number of aliphatic carboxylic acids is 2. The van der Waals surface area contributed by atoms with E-state index < -0.39 is 89.2 Å². The molecule has 104 heavy (non-hydrogen) atoms. The molecule has 0 aliphatic rings. The second-order valence-electron chi connectivity index (χ2n) is 25.6. The van der Waals surface area contributed by atoms with E-state index in [1.54, 1.807) is 183 Å². The Morgan fingerprint density at radius 2 is 0.769 bits per heavy atom. The highest BCUT2D eigenvalue weighted by molar-refractivity contribution is 6.31. The number of carboxylic acid groups (broad SMARTS) is 2. The van der Waals surface area contributed by atoms with E-state index in [1.807, 2.05) is 19.1 Å². The van der Waals surface area contributed by atoms with Gasteiger partial charge in [0.1, 0.15) is 52.8 Å². The first kappa shape index (κ1) is 80.6. The Kier molecular flexibility index (Phi) is 27.9. The summed E-state index contributed by atoms with van der Waals surface area (Å²) in [5, 5.41) is 29.1. The van der Waals surface area contributed by atoms with Crippen LogP contribution in [0.1, 0.15) is 112 Å². The van der Waals surface area contributed by atoms with Gasteiger partial charge in [-0.15, -0.1) is 0 Å². The molecule has 7 aromatic carbocycles. The van der Waals surface area contributed by atoms with Crippen LogP contribution in [0.15, 0.2) is 152 Å². The number of imidazole rings is 3. The molecule has 10 aromatic rings. The maximum atomic E-state index is 13.0. The molecule has 0 spiro atoms. The Morgan fingerprint density at radius 3 is 1.11 bits per heavy atom. The Labute approximate surface area is 618 Å². The number of nitrogens with zero attached hydrogens (tertiary/aromatic N) is 5. The predicted molar refractivity (Wildman–Crippen MR) is 395 cm³/mol. The number of benzene rings is 7. The number of halogens is 4. The van der Waals surface area contributed by atoms with E-state index in [1.165, 1.54) is 35.5 Å². The van der Waals surface area contributed by atoms with Gasteiger partial charge in [-0.1, -0.05) is 94.9 Å². The molecule has 0 radical (unpaired) electrons. The molecule has 29 heteroatoms. The third-order valence-corrected chi connectivity index (χ3v) is 16.1. The minimum atomic E-state index is -1.16. The van der Waals surface area contributed by atoms with Crippen molar-refractivity contribution in [2.24, 2.45) is 5.73 Å². The molecule has 8 N–H and O–H groups in total. The van der Waals surface area contributed by atoms with Crippen molar-refractivity contribution >= 4 is 133 Å². The lowest BCUT2D eigenvalue weighted by atomic mass is 10.1. The first-order chi connectivity index (χ1) is 49.0. The number of hydrogen-bond donors (Lipinski definition) is 7. The first-order valence-electron chi connectivity index (χ1n) is 32.2. The number of aromatic nitrogens is 6. The number of aryl methyl sites for hydroxylation is 3. The van der Waals surface area contributed by atoms with Crippen LogP contribution in [0.2, 0.25) is 20.1 Å². The van der Waals surface area contributed by atoms with Crippen molar-refractivity contribution < 1.29 is 72.3 Å². The fraction of sp³-hybridized carbons (Fsp3) is 0.280. The number of amides is 3. The summed E-state index contributed by atoms with van der Waals surface area (Å²) in [5.41, 5.74) is 11.7. The van der Waals surface area contributed by atoms with Gasteiger partial charge in [-0.05, 0) is 194 Å². The number of nitrogens with two attached hydrogens (primary N) is 1. The highest BCUT2D eigenvalue weighted by Crippen LogP contribution is 2.25. The molecular weight excluding hydrogens is 1420 g/mol. The molecule has 0 saturated heterocycles. The maximum absolute atomic E-state index is 13.0. The summed E-state index contributed by atoms with van der Waals surface area (Å²) in [6.45, 7) is 15.7. The zero-order chi connectivity index (χ0) is 76.5. The van der Waals surface area contributed by atoms with Crippen molar-refractivity contribution in [3.8, 4) is 0 Å². The molecule has 3 amide bonds. The summed E-state index contributed by atoms with van der Waals surface area (Å²) in [6.07, 6.45) is -0.244. The van der Waals surface area contributed by atoms with Gasteiger partial charge in [0, 0.05) is 56.0 Å². The van der Waals surface area contributed by atoms with Crippen LogP contribution >= 0.6 is 46.4 Å². The highest BCUT2D eigenvalue weighted by atomic mass is 35.5. The monoisotopic (exact) mass is 1500 g/mol. The number of nitrogens with one attached hydrogen (secondary N) is 4. The van der Waals surface area contributed by atoms with E-state index in [4.69, 9.17) is 66.3 Å². The number of esters is 2. The topological polar surface area (TPSA) is 357 Å². The average Bonchev–Trinajstić information content (AvgIpc) is 1.63. The molecule has 4 atom stereocenters. The van der Waals surface area contributed by atoms with Gasteiger partial charge in [0.2, 0.25) is 0 Å². The van der Waals surface area contributed by atoms with Gasteiger partial charge in [0.05, 0.1) is 47.3 Å². The van der Waals surface area contributed by atoms with Gasteiger partial charge >= 0.3 is 36.1 Å². The van der Waals surface area contributed by atoms with E-state index in [2.05, 4.69) is 40.6 Å². The lowest BCUT2D eigenvalue weighted by molar-refractivity contribution is -0.143. The van der Waals surface area contributed by atoms with Crippen LogP contribution in [0, 0.1) is 20.8 Å². The normalized spacial score (nSPS) is 12.3. The van der Waals surface area contributed by atoms with Gasteiger partial charge in [0.25, 0.3) is 17.7 Å². The largest absolute Gasteiger partial charge is 0.480 e. The minimum absolute atomic E-state index is 0.0927. The quantitative estimate of drug-likeness (QED) is 0.0310. The first-order valence-corrected chi connectivity index (χ1v) is 33.7. The highest BCUT2D eigenvalue weighted by Gasteiger charge is 2.29. The molecule has 3 aromatic heterocycles. The predicted octanol–water partition coefficient (Wildman–Crippen LogP) is 12.8. The molecule has 4 unspecified atom stereocenters. The van der Waals surface area contributed by atoms with Crippen molar-refractivity contribution in [3.63, 3.8) is 0 Å². The van der Waals surface area contributed by atoms with Crippen molar-refractivity contribution in [1.29, 1.82) is 0 Å². The summed E-state index contributed by atoms with van der Waals surface area (Å²) < 4.78 is 22.9. The number of aromatic amines is 1. The number of rotatable bonds is 18. The minimum Gasteiger partial charge on any atom is -0.480 e. The summed E-state index contributed by atoms with van der Waals surface area (Å²) in [6, 6.07) is 38.5. The Hall–Kier alpha value is -10.7. The lowest BCUT2D eigenvalue weighted by Crippen LogP contribution is -2.43. The fourth-order valence-electron chi connectivity index (χ4n) is 10.2. The smallest absolute Gasteiger partial charge is 0.420 e. The summed E-state index contributed by atoms with van der Waals surface area (Å²) in [5.74, 6) is -3.15. The second-order valence-corrected chi connectivity index (χ2v) is 27.4. The van der Waals surface area contributed by atoms with Gasteiger partial charge in [-0.25, -0.2) is 48.1 Å². The molecule has 25 nitrogen and oxygen atoms in total. The van der Waals surface area contributed by atoms with E-state index in [0.29, 0.717) is 65.8 Å². The Balaban J connectivity index is 0.000000201. The SMILES string of the molecule is COC(=O)C(Cc1ccc(Cl)cc1)NC(=O)c1ccc2nc(C)n(C(=O)OC(C)(C)C)c2c1.COC(=O)C(N)Cc1ccc(Cl)cc1.Cc1nc2ccc(C(=O)NC(Cc3ccc(Cl)cc3)C(=O)O)cc2[nH]1.Cc1nc2ccc(C(=O)NC(Cc3ccc(Cl)cc3)C(=O)O)cc2n1C(=O)OC(C)(C)C. The number of fused-ring (bicyclic) bond motifs is 3. The molecule has 0 bridgehead atoms. The maximum Gasteiger partial charge on any atom is 0.420 e. The number of hydrogen-bond acceptors (Lipinski definition) is 17. The zero-order valence-electron chi connectivity index (χ0n) is 58.6. The Morgan fingerprint density at radius 1 is 0.452 bits per heavy atom. The van der Waals surface area contributed by atoms with Gasteiger partial charge in [-0.3, -0.25) is 19.2 Å². The van der Waals surface area contributed by atoms with Crippen LogP contribution in [0.25, 0.3) is 33.1 Å². The molecule has 3 heterocycles. The van der Waals surface area contributed by atoms with Crippen LogP contribution in [0.5, 0.6) is 0 Å². The number of H-pyrrole nitrogens is 1. The van der Waals surface area contributed by atoms with Crippen molar-refractivity contribution in [2.75, 3.05) is 14.2 Å². The third-order valence-electron chi connectivity index (χ3n) is 15.1. The third kappa shape index (κ3) is 23.4. The molecule has 0 saturated carbocycles. The number of carboxylic acids is 2. The van der Waals surface area contributed by atoms with Gasteiger partial charge in [-0.2, -0.15) is 0 Å². The summed E-state index contributed by atoms with van der Waals surface area (Å²) in [4.78, 5) is 126. The van der Waals surface area contributed by atoms with Crippen molar-refractivity contribution in [1.82, 2.24) is 45.0 Å². The van der Waals surface area contributed by atoms with Crippen LogP contribution in [-0.2, 0) is 63.8 Å². The lowest BCUT2D eigenvalue weighted by Gasteiger charge is -2.20. The van der Waals surface area contributed by atoms with Gasteiger partial charge in [0.15, 0.2) is 0 Å². The molecule has 546 valence electrons. The molecule has 0 fully saturated rings. The summed E-state index contributed by atoms with van der Waals surface area (Å²) >= 11 is 23.3. The zero-order valence-corrected chi connectivity index (χ0v) is 61.6. The standard InChI is InChI=1S/C24H26ClN3O5.C23H24ClN3O5.C18H16ClN3O3.C10H12ClNO2/c1-14-26-18-11-8-16(13-20(18)28(14)23(31)33-24(2,3)4)21(29)27-19(22(30)32-5)12-15-6-9-17(25)10-7-15;1-13-25-17-10-7-15(12-19(17)27(13)22(31)32-23(2,3)4)20(28)26-18(21(29)30)11-14-5-8-16(24)9-6-14;1-10-20-14-7-4-12(9-15(14)21-10)17(23)22-16(18(24)25)8-11-2-5-13(19)6-3-11;1-14-10(13)9(12)6-7-2-4-8(11)5-3-7/h6-11,13,19H,12H2,1-5H3,(H,27,29);5-10,12,18H,11H2,1-4H3,(H,26,28)(H,29,30);2-7,9,16H,8H2,1H3,(H,20,21)(H,22,23)(H,24,25);2-5,9H,6,12H2,1H3. The fourth-order valence-corrected chi connectivity index (χ4v) is 10.7. The van der Waals surface area contributed by atoms with Crippen LogP contribution < -0.4 is 21.7 Å². The van der Waals surface area contributed by atoms with Gasteiger partial charge < -0.3 is 55.8 Å². The Bertz CT molecular complexity index is 4760. The molecular formula is C75H78Cl4N10O15. The van der Waals surface area contributed by atoms with Crippen molar-refractivity contribution in [2.45, 2.75) is 123 Å². The summed E-state index contributed by atoms with van der Waals surface area (Å²) in [7, 11) is 2.58. The molecule has 10 rings (SSSR count). The number of carbonyl (C=O) groups excluding carboxylic acids is 7. The molecule has 0 aliphatic heterocycles. The van der Waals surface area contributed by atoms with Crippen LogP contribution in [0.4, 0.5) is 9.59 Å².